The molecule has 0 aromatic heterocycles. The van der Waals surface area contributed by atoms with E-state index in [9.17, 15) is 9.59 Å². The summed E-state index contributed by atoms with van der Waals surface area (Å²) >= 11 is 6.14. The number of carbonyl (C=O) groups is 2. The van der Waals surface area contributed by atoms with Crippen molar-refractivity contribution in [2.24, 2.45) is 0 Å². The Balaban J connectivity index is 1.71. The maximum atomic E-state index is 13.3. The second-order valence-corrected chi connectivity index (χ2v) is 7.11. The number of fused-ring (bicyclic) bond motifs is 1. The lowest BCUT2D eigenvalue weighted by atomic mass is 10.1. The van der Waals surface area contributed by atoms with Crippen LogP contribution in [0.3, 0.4) is 0 Å². The van der Waals surface area contributed by atoms with E-state index in [0.29, 0.717) is 29.2 Å². The molecule has 0 bridgehead atoms. The first-order chi connectivity index (χ1) is 13.1. The topological polar surface area (TPSA) is 40.6 Å². The van der Waals surface area contributed by atoms with Gasteiger partial charge in [-0.25, -0.2) is 0 Å². The summed E-state index contributed by atoms with van der Waals surface area (Å²) in [5, 5.41) is 2.64. The molecule has 0 radical (unpaired) electrons. The van der Waals surface area contributed by atoms with Gasteiger partial charge in [0.15, 0.2) is 0 Å². The highest BCUT2D eigenvalue weighted by Crippen LogP contribution is 2.24. The van der Waals surface area contributed by atoms with Crippen molar-refractivity contribution in [2.45, 2.75) is 12.8 Å². The molecule has 27 heavy (non-hydrogen) atoms. The van der Waals surface area contributed by atoms with Crippen LogP contribution in [0.5, 0.6) is 0 Å². The van der Waals surface area contributed by atoms with Crippen molar-refractivity contribution >= 4 is 39.9 Å². The van der Waals surface area contributed by atoms with Crippen molar-refractivity contribution in [3.05, 3.63) is 77.3 Å². The van der Waals surface area contributed by atoms with E-state index in [-0.39, 0.29) is 18.5 Å². The molecule has 4 nitrogen and oxygen atoms in total. The first kappa shape index (κ1) is 17.6. The zero-order valence-electron chi connectivity index (χ0n) is 14.8. The Morgan fingerprint density at radius 2 is 1.81 bits per heavy atom. The quantitative estimate of drug-likeness (QED) is 0.659. The Morgan fingerprint density at radius 1 is 1.00 bits per heavy atom. The highest BCUT2D eigenvalue weighted by atomic mass is 35.5. The molecule has 3 aromatic rings. The van der Waals surface area contributed by atoms with Gasteiger partial charge in [0.05, 0.1) is 0 Å². The fourth-order valence-electron chi connectivity index (χ4n) is 3.41. The van der Waals surface area contributed by atoms with Gasteiger partial charge in [0.25, 0.3) is 5.91 Å². The lowest BCUT2D eigenvalue weighted by Gasteiger charge is -2.28. The van der Waals surface area contributed by atoms with Crippen LogP contribution in [0.4, 0.5) is 5.69 Å². The van der Waals surface area contributed by atoms with Crippen LogP contribution in [0.25, 0.3) is 10.8 Å². The lowest BCUT2D eigenvalue weighted by Crippen LogP contribution is -2.42. The molecule has 2 amide bonds. The summed E-state index contributed by atoms with van der Waals surface area (Å²) in [5.74, 6) is -0.0731. The molecule has 0 atom stereocenters. The summed E-state index contributed by atoms with van der Waals surface area (Å²) < 4.78 is 0. The summed E-state index contributed by atoms with van der Waals surface area (Å²) in [6.07, 6.45) is 1.36. The van der Waals surface area contributed by atoms with Gasteiger partial charge in [-0.2, -0.15) is 0 Å². The van der Waals surface area contributed by atoms with E-state index in [1.807, 2.05) is 54.6 Å². The third kappa shape index (κ3) is 3.67. The van der Waals surface area contributed by atoms with Crippen molar-refractivity contribution in [1.82, 2.24) is 4.90 Å². The lowest BCUT2D eigenvalue weighted by molar-refractivity contribution is -0.127. The Kier molecular flexibility index (Phi) is 4.82. The van der Waals surface area contributed by atoms with Crippen LogP contribution < -0.4 is 4.90 Å². The molecule has 3 aromatic carbocycles. The van der Waals surface area contributed by atoms with Crippen LogP contribution in [0.1, 0.15) is 23.2 Å². The zero-order valence-corrected chi connectivity index (χ0v) is 15.5. The minimum Gasteiger partial charge on any atom is -0.324 e. The van der Waals surface area contributed by atoms with Crippen molar-refractivity contribution in [1.29, 1.82) is 0 Å². The molecule has 1 aliphatic heterocycles. The molecule has 5 heteroatoms. The smallest absolute Gasteiger partial charge is 0.259 e. The number of likely N-dealkylation sites (tertiary alicyclic amines) is 1. The van der Waals surface area contributed by atoms with Gasteiger partial charge in [0.2, 0.25) is 5.91 Å². The number of hydrogen-bond acceptors (Lipinski definition) is 2. The number of amides is 2. The van der Waals surface area contributed by atoms with Gasteiger partial charge in [0.1, 0.15) is 6.67 Å². The number of hydrogen-bond donors (Lipinski definition) is 0. The van der Waals surface area contributed by atoms with Crippen LogP contribution in [-0.4, -0.2) is 29.9 Å². The van der Waals surface area contributed by atoms with E-state index < -0.39 is 0 Å². The van der Waals surface area contributed by atoms with E-state index in [1.54, 1.807) is 21.9 Å². The van der Waals surface area contributed by atoms with Gasteiger partial charge in [-0.1, -0.05) is 48.0 Å². The standard InChI is InChI=1S/C22H19ClN2O2/c23-19-7-3-8-20(14-19)25(15-24-12-4-9-21(24)26)22(27)18-11-10-16-5-1-2-6-17(16)13-18/h1-3,5-8,10-11,13-14H,4,9,12,15H2. The fraction of sp³-hybridized carbons (Fsp3) is 0.182. The van der Waals surface area contributed by atoms with E-state index in [0.717, 1.165) is 17.2 Å². The molecule has 0 spiro atoms. The Labute approximate surface area is 162 Å². The maximum absolute atomic E-state index is 13.3. The molecular weight excluding hydrogens is 360 g/mol. The monoisotopic (exact) mass is 378 g/mol. The molecule has 1 saturated heterocycles. The van der Waals surface area contributed by atoms with Crippen LogP contribution >= 0.6 is 11.6 Å². The summed E-state index contributed by atoms with van der Waals surface area (Å²) in [6.45, 7) is 0.895. The summed E-state index contributed by atoms with van der Waals surface area (Å²) in [5.41, 5.74) is 1.26. The third-order valence-electron chi connectivity index (χ3n) is 4.84. The largest absolute Gasteiger partial charge is 0.324 e. The Morgan fingerprint density at radius 3 is 2.56 bits per heavy atom. The zero-order chi connectivity index (χ0) is 18.8. The van der Waals surface area contributed by atoms with Crippen molar-refractivity contribution in [3.8, 4) is 0 Å². The average Bonchev–Trinajstić information content (AvgIpc) is 3.09. The van der Waals surface area contributed by atoms with Crippen LogP contribution in [-0.2, 0) is 4.79 Å². The molecule has 0 unspecified atom stereocenters. The second kappa shape index (κ2) is 7.41. The Bertz CT molecular complexity index is 1020. The minimum absolute atomic E-state index is 0.0772. The van der Waals surface area contributed by atoms with Crippen LogP contribution in [0.15, 0.2) is 66.7 Å². The molecule has 1 fully saturated rings. The molecule has 4 rings (SSSR count). The third-order valence-corrected chi connectivity index (χ3v) is 5.08. The van der Waals surface area contributed by atoms with Gasteiger partial charge in [-0.15, -0.1) is 0 Å². The highest BCUT2D eigenvalue weighted by molar-refractivity contribution is 6.31. The summed E-state index contributed by atoms with van der Waals surface area (Å²) in [6, 6.07) is 20.8. The van der Waals surface area contributed by atoms with Crippen molar-refractivity contribution < 1.29 is 9.59 Å². The van der Waals surface area contributed by atoms with E-state index >= 15 is 0 Å². The predicted octanol–water partition coefficient (Wildman–Crippen LogP) is 4.72. The molecular formula is C22H19ClN2O2. The molecule has 1 heterocycles. The van der Waals surface area contributed by atoms with Gasteiger partial charge in [-0.05, 0) is 47.5 Å². The second-order valence-electron chi connectivity index (χ2n) is 6.68. The first-order valence-electron chi connectivity index (χ1n) is 8.96. The first-order valence-corrected chi connectivity index (χ1v) is 9.34. The van der Waals surface area contributed by atoms with E-state index in [1.165, 1.54) is 0 Å². The summed E-state index contributed by atoms with van der Waals surface area (Å²) in [7, 11) is 0. The number of halogens is 1. The maximum Gasteiger partial charge on any atom is 0.259 e. The number of rotatable bonds is 4. The predicted molar refractivity (Wildman–Crippen MR) is 108 cm³/mol. The molecule has 0 aliphatic carbocycles. The minimum atomic E-state index is -0.150. The number of benzene rings is 3. The number of nitrogens with zero attached hydrogens (tertiary/aromatic N) is 2. The van der Waals surface area contributed by atoms with Gasteiger partial charge in [0, 0.05) is 29.2 Å². The normalized spacial score (nSPS) is 14.0. The molecule has 136 valence electrons. The van der Waals surface area contributed by atoms with Gasteiger partial charge < -0.3 is 4.90 Å². The van der Waals surface area contributed by atoms with Crippen LogP contribution in [0, 0.1) is 0 Å². The van der Waals surface area contributed by atoms with Crippen LogP contribution in [0.2, 0.25) is 5.02 Å². The van der Waals surface area contributed by atoms with E-state index in [2.05, 4.69) is 0 Å². The molecule has 1 aliphatic rings. The Hall–Kier alpha value is -2.85. The molecule has 0 N–H and O–H groups in total. The highest BCUT2D eigenvalue weighted by Gasteiger charge is 2.26. The summed E-state index contributed by atoms with van der Waals surface area (Å²) in [4.78, 5) is 28.8. The van der Waals surface area contributed by atoms with E-state index in [4.69, 9.17) is 11.6 Å². The number of anilines is 1. The van der Waals surface area contributed by atoms with Gasteiger partial charge >= 0.3 is 0 Å². The average molecular weight is 379 g/mol. The number of carbonyl (C=O) groups excluding carboxylic acids is 2. The molecule has 0 saturated carbocycles. The van der Waals surface area contributed by atoms with Crippen molar-refractivity contribution in [2.75, 3.05) is 18.1 Å². The fourth-order valence-corrected chi connectivity index (χ4v) is 3.59. The SMILES string of the molecule is O=C1CCCN1CN(C(=O)c1ccc2ccccc2c1)c1cccc(Cl)c1. The van der Waals surface area contributed by atoms with Gasteiger partial charge in [-0.3, -0.25) is 14.5 Å². The van der Waals surface area contributed by atoms with Crippen molar-refractivity contribution in [3.63, 3.8) is 0 Å².